The highest BCUT2D eigenvalue weighted by molar-refractivity contribution is 7.99. The maximum Gasteiger partial charge on any atom is 0.192 e. The zero-order valence-corrected chi connectivity index (χ0v) is 15.0. The molecule has 6 heteroatoms. The maximum absolute atomic E-state index is 12.3. The minimum Gasteiger partial charge on any atom is -0.298 e. The summed E-state index contributed by atoms with van der Waals surface area (Å²) in [7, 11) is 0. The Bertz CT molecular complexity index is 893. The highest BCUT2D eigenvalue weighted by Gasteiger charge is 2.15. The molecule has 3 rings (SSSR count). The van der Waals surface area contributed by atoms with Crippen LogP contribution in [0.3, 0.4) is 0 Å². The lowest BCUT2D eigenvalue weighted by Gasteiger charge is -2.08. The normalized spacial score (nSPS) is 10.6. The van der Waals surface area contributed by atoms with Gasteiger partial charge < -0.3 is 0 Å². The van der Waals surface area contributed by atoms with Crippen molar-refractivity contribution in [2.24, 2.45) is 0 Å². The number of benzene rings is 2. The van der Waals surface area contributed by atoms with E-state index in [0.717, 1.165) is 5.56 Å². The number of hydrogen-bond donors (Lipinski definition) is 0. The fourth-order valence-electron chi connectivity index (χ4n) is 2.37. The van der Waals surface area contributed by atoms with Gasteiger partial charge in [0.2, 0.25) is 0 Å². The molecule has 1 heterocycles. The van der Waals surface area contributed by atoms with Crippen molar-refractivity contribution in [2.45, 2.75) is 11.7 Å². The molecular formula is C19H16ClN3OS. The molecule has 0 aliphatic heterocycles. The molecule has 0 saturated heterocycles. The first-order chi connectivity index (χ1) is 12.2. The Morgan fingerprint density at radius 2 is 1.96 bits per heavy atom. The maximum atomic E-state index is 12.3. The predicted molar refractivity (Wildman–Crippen MR) is 102 cm³/mol. The molecule has 0 radical (unpaired) electrons. The fraction of sp³-hybridized carbons (Fsp3) is 0.105. The van der Waals surface area contributed by atoms with E-state index in [0.29, 0.717) is 33.9 Å². The average molecular weight is 370 g/mol. The third-order valence-electron chi connectivity index (χ3n) is 3.54. The summed E-state index contributed by atoms with van der Waals surface area (Å²) in [6, 6.07) is 16.7. The van der Waals surface area contributed by atoms with Crippen molar-refractivity contribution in [2.75, 3.05) is 5.75 Å². The number of halogens is 1. The number of carbonyl (C=O) groups excluding carboxylic acids is 1. The lowest BCUT2D eigenvalue weighted by Crippen LogP contribution is -2.05. The number of Topliss-reactive ketones (excluding diaryl/α,β-unsaturated/α-hetero) is 1. The number of allylic oxidation sites excluding steroid dienone is 1. The van der Waals surface area contributed by atoms with Crippen molar-refractivity contribution in [1.82, 2.24) is 14.8 Å². The van der Waals surface area contributed by atoms with Crippen LogP contribution in [0.4, 0.5) is 0 Å². The van der Waals surface area contributed by atoms with Crippen LogP contribution in [-0.4, -0.2) is 26.3 Å². The quantitative estimate of drug-likeness (QED) is 0.342. The Morgan fingerprint density at radius 3 is 2.68 bits per heavy atom. The molecule has 25 heavy (non-hydrogen) atoms. The predicted octanol–water partition coefficient (Wildman–Crippen LogP) is 4.76. The van der Waals surface area contributed by atoms with Gasteiger partial charge in [0.1, 0.15) is 0 Å². The highest BCUT2D eigenvalue weighted by Crippen LogP contribution is 2.26. The second-order valence-electron chi connectivity index (χ2n) is 5.29. The lowest BCUT2D eigenvalue weighted by atomic mass is 10.2. The molecule has 0 aliphatic carbocycles. The average Bonchev–Trinajstić information content (AvgIpc) is 3.03. The van der Waals surface area contributed by atoms with Crippen LogP contribution in [0, 0.1) is 0 Å². The van der Waals surface area contributed by atoms with E-state index in [1.54, 1.807) is 6.08 Å². The molecule has 3 aromatic rings. The van der Waals surface area contributed by atoms with E-state index in [1.165, 1.54) is 11.8 Å². The van der Waals surface area contributed by atoms with Crippen LogP contribution in [-0.2, 0) is 6.54 Å². The minimum absolute atomic E-state index is 0.0584. The first-order valence-corrected chi connectivity index (χ1v) is 9.06. The zero-order valence-electron chi connectivity index (χ0n) is 13.4. The van der Waals surface area contributed by atoms with Crippen LogP contribution >= 0.6 is 23.4 Å². The summed E-state index contributed by atoms with van der Waals surface area (Å²) in [5, 5.41) is 9.83. The fourth-order valence-corrected chi connectivity index (χ4v) is 3.40. The summed E-state index contributed by atoms with van der Waals surface area (Å²) >= 11 is 7.44. The molecule has 0 aliphatic rings. The van der Waals surface area contributed by atoms with E-state index < -0.39 is 0 Å². The van der Waals surface area contributed by atoms with Crippen molar-refractivity contribution in [1.29, 1.82) is 0 Å². The van der Waals surface area contributed by atoms with Crippen LogP contribution in [0.1, 0.15) is 10.4 Å². The van der Waals surface area contributed by atoms with Crippen LogP contribution in [0.15, 0.2) is 72.4 Å². The Morgan fingerprint density at radius 1 is 1.16 bits per heavy atom. The first kappa shape index (κ1) is 17.5. The third-order valence-corrected chi connectivity index (χ3v) is 4.74. The second-order valence-corrected chi connectivity index (χ2v) is 6.67. The van der Waals surface area contributed by atoms with Crippen molar-refractivity contribution in [3.05, 3.63) is 77.8 Å². The van der Waals surface area contributed by atoms with Crippen molar-refractivity contribution in [3.63, 3.8) is 0 Å². The summed E-state index contributed by atoms with van der Waals surface area (Å²) in [5.41, 5.74) is 1.57. The van der Waals surface area contributed by atoms with E-state index >= 15 is 0 Å². The Balaban J connectivity index is 1.82. The van der Waals surface area contributed by atoms with E-state index in [-0.39, 0.29) is 5.78 Å². The van der Waals surface area contributed by atoms with Gasteiger partial charge in [-0.1, -0.05) is 71.9 Å². The molecule has 0 spiro atoms. The summed E-state index contributed by atoms with van der Waals surface area (Å²) in [6.45, 7) is 4.35. The van der Waals surface area contributed by atoms with Gasteiger partial charge in [0, 0.05) is 22.7 Å². The number of thioether (sulfide) groups is 1. The molecule has 0 amide bonds. The summed E-state index contributed by atoms with van der Waals surface area (Å²) in [6.07, 6.45) is 1.78. The minimum atomic E-state index is 0.0584. The Kier molecular flexibility index (Phi) is 5.68. The number of aromatic nitrogens is 3. The standard InChI is InChI=1S/C19H16ClN3OS/c1-2-11-23-18(15-9-6-10-16(20)12-15)21-22-19(23)25-13-17(24)14-7-4-3-5-8-14/h2-10,12H,1,11,13H2. The molecule has 0 unspecified atom stereocenters. The van der Waals surface area contributed by atoms with Crippen LogP contribution in [0.2, 0.25) is 5.02 Å². The lowest BCUT2D eigenvalue weighted by molar-refractivity contribution is 0.102. The summed E-state index contributed by atoms with van der Waals surface area (Å²) < 4.78 is 1.93. The smallest absolute Gasteiger partial charge is 0.192 e. The molecule has 4 nitrogen and oxygen atoms in total. The molecule has 2 aromatic carbocycles. The number of ketones is 1. The topological polar surface area (TPSA) is 47.8 Å². The van der Waals surface area contributed by atoms with Gasteiger partial charge in [-0.15, -0.1) is 16.8 Å². The molecule has 1 aromatic heterocycles. The Labute approximate surface area is 155 Å². The summed E-state index contributed by atoms with van der Waals surface area (Å²) in [4.78, 5) is 12.3. The zero-order chi connectivity index (χ0) is 17.6. The van der Waals surface area contributed by atoms with Gasteiger partial charge in [-0.25, -0.2) is 0 Å². The summed E-state index contributed by atoms with van der Waals surface area (Å²) in [5.74, 6) is 1.06. The molecular weight excluding hydrogens is 354 g/mol. The van der Waals surface area contributed by atoms with E-state index in [9.17, 15) is 4.79 Å². The van der Waals surface area contributed by atoms with Gasteiger partial charge in [0.15, 0.2) is 16.8 Å². The van der Waals surface area contributed by atoms with Gasteiger partial charge >= 0.3 is 0 Å². The van der Waals surface area contributed by atoms with Crippen molar-refractivity contribution < 1.29 is 4.79 Å². The van der Waals surface area contributed by atoms with Gasteiger partial charge in [0.05, 0.1) is 5.75 Å². The van der Waals surface area contributed by atoms with Crippen molar-refractivity contribution >= 4 is 29.1 Å². The van der Waals surface area contributed by atoms with Crippen molar-refractivity contribution in [3.8, 4) is 11.4 Å². The monoisotopic (exact) mass is 369 g/mol. The van der Waals surface area contributed by atoms with Crippen LogP contribution < -0.4 is 0 Å². The van der Waals surface area contributed by atoms with Gasteiger partial charge in [-0.3, -0.25) is 9.36 Å². The Hall–Kier alpha value is -2.37. The molecule has 0 saturated carbocycles. The van der Waals surface area contributed by atoms with E-state index in [1.807, 2.05) is 59.2 Å². The van der Waals surface area contributed by atoms with Crippen LogP contribution in [0.25, 0.3) is 11.4 Å². The van der Waals surface area contributed by atoms with Gasteiger partial charge in [0.25, 0.3) is 0 Å². The second kappa shape index (κ2) is 8.14. The number of carbonyl (C=O) groups is 1. The molecule has 0 bridgehead atoms. The molecule has 0 N–H and O–H groups in total. The molecule has 0 atom stereocenters. The molecule has 0 fully saturated rings. The largest absolute Gasteiger partial charge is 0.298 e. The van der Waals surface area contributed by atoms with E-state index in [4.69, 9.17) is 11.6 Å². The van der Waals surface area contributed by atoms with Crippen LogP contribution in [0.5, 0.6) is 0 Å². The SMILES string of the molecule is C=CCn1c(SCC(=O)c2ccccc2)nnc1-c1cccc(Cl)c1. The number of rotatable bonds is 7. The van der Waals surface area contributed by atoms with Gasteiger partial charge in [-0.2, -0.15) is 0 Å². The third kappa shape index (κ3) is 4.18. The number of hydrogen-bond acceptors (Lipinski definition) is 4. The highest BCUT2D eigenvalue weighted by atomic mass is 35.5. The van der Waals surface area contributed by atoms with E-state index in [2.05, 4.69) is 16.8 Å². The first-order valence-electron chi connectivity index (χ1n) is 7.70. The number of nitrogens with zero attached hydrogens (tertiary/aromatic N) is 3. The molecule has 126 valence electrons. The van der Waals surface area contributed by atoms with Gasteiger partial charge in [-0.05, 0) is 12.1 Å².